The number of furan rings is 1. The standard InChI is InChI=1S/C11H20N2O3S/c1-4-8-13(5-2)17(14,15)11-7-6-10(16-11)9-12-3/h6-7,12H,4-5,8-9H2,1-3H3. The number of nitrogens with zero attached hydrogens (tertiary/aromatic N) is 1. The van der Waals surface area contributed by atoms with Gasteiger partial charge >= 0.3 is 0 Å². The fourth-order valence-corrected chi connectivity index (χ4v) is 3.06. The minimum Gasteiger partial charge on any atom is -0.447 e. The zero-order valence-electron chi connectivity index (χ0n) is 10.6. The second-order valence-corrected chi connectivity index (χ2v) is 5.62. The smallest absolute Gasteiger partial charge is 0.276 e. The summed E-state index contributed by atoms with van der Waals surface area (Å²) in [6.07, 6.45) is 0.789. The average molecular weight is 260 g/mol. The zero-order chi connectivity index (χ0) is 12.9. The van der Waals surface area contributed by atoms with Crippen LogP contribution in [0.25, 0.3) is 0 Å². The van der Waals surface area contributed by atoms with Crippen molar-refractivity contribution in [1.82, 2.24) is 9.62 Å². The SMILES string of the molecule is CCCN(CC)S(=O)(=O)c1ccc(CNC)o1. The molecule has 0 fully saturated rings. The Bertz CT molecular complexity index is 439. The van der Waals surface area contributed by atoms with E-state index in [9.17, 15) is 8.42 Å². The molecule has 0 saturated carbocycles. The first-order chi connectivity index (χ1) is 8.06. The van der Waals surface area contributed by atoms with Crippen molar-refractivity contribution < 1.29 is 12.8 Å². The molecule has 5 nitrogen and oxygen atoms in total. The molecule has 6 heteroatoms. The van der Waals surface area contributed by atoms with Gasteiger partial charge in [0.1, 0.15) is 5.76 Å². The molecule has 0 aliphatic rings. The molecule has 0 aromatic carbocycles. The van der Waals surface area contributed by atoms with Crippen LogP contribution >= 0.6 is 0 Å². The van der Waals surface area contributed by atoms with Crippen molar-refractivity contribution in [3.05, 3.63) is 17.9 Å². The highest BCUT2D eigenvalue weighted by Gasteiger charge is 2.25. The van der Waals surface area contributed by atoms with Crippen LogP contribution in [0.5, 0.6) is 0 Å². The van der Waals surface area contributed by atoms with Crippen LogP contribution < -0.4 is 5.32 Å². The lowest BCUT2D eigenvalue weighted by Crippen LogP contribution is -2.31. The van der Waals surface area contributed by atoms with E-state index in [-0.39, 0.29) is 5.09 Å². The summed E-state index contributed by atoms with van der Waals surface area (Å²) in [4.78, 5) is 0. The molecule has 0 amide bonds. The molecule has 17 heavy (non-hydrogen) atoms. The van der Waals surface area contributed by atoms with Crippen molar-refractivity contribution in [2.75, 3.05) is 20.1 Å². The summed E-state index contributed by atoms with van der Waals surface area (Å²) < 4.78 is 31.1. The van der Waals surface area contributed by atoms with E-state index < -0.39 is 10.0 Å². The Balaban J connectivity index is 2.94. The quantitative estimate of drug-likeness (QED) is 0.805. The molecule has 1 aromatic rings. The van der Waals surface area contributed by atoms with E-state index in [0.29, 0.717) is 25.4 Å². The van der Waals surface area contributed by atoms with Crippen molar-refractivity contribution in [2.45, 2.75) is 31.9 Å². The topological polar surface area (TPSA) is 62.6 Å². The lowest BCUT2D eigenvalue weighted by Gasteiger charge is -2.17. The first-order valence-electron chi connectivity index (χ1n) is 5.79. The fraction of sp³-hybridized carbons (Fsp3) is 0.636. The highest BCUT2D eigenvalue weighted by atomic mass is 32.2. The Morgan fingerprint density at radius 3 is 2.59 bits per heavy atom. The molecule has 0 aliphatic heterocycles. The van der Waals surface area contributed by atoms with Crippen LogP contribution in [-0.2, 0) is 16.6 Å². The lowest BCUT2D eigenvalue weighted by molar-refractivity contribution is 0.370. The van der Waals surface area contributed by atoms with Crippen molar-refractivity contribution in [1.29, 1.82) is 0 Å². The van der Waals surface area contributed by atoms with Crippen LogP contribution in [0.15, 0.2) is 21.6 Å². The maximum absolute atomic E-state index is 12.2. The molecule has 0 aliphatic carbocycles. The highest BCUT2D eigenvalue weighted by Crippen LogP contribution is 2.18. The molecule has 0 radical (unpaired) electrons. The molecular formula is C11H20N2O3S. The first kappa shape index (κ1) is 14.2. The molecule has 1 aromatic heterocycles. The van der Waals surface area contributed by atoms with E-state index in [1.807, 2.05) is 13.8 Å². The van der Waals surface area contributed by atoms with E-state index in [4.69, 9.17) is 4.42 Å². The number of nitrogens with one attached hydrogen (secondary N) is 1. The molecule has 0 atom stereocenters. The molecule has 0 unspecified atom stereocenters. The maximum Gasteiger partial charge on any atom is 0.276 e. The van der Waals surface area contributed by atoms with Crippen molar-refractivity contribution in [3.8, 4) is 0 Å². The van der Waals surface area contributed by atoms with E-state index >= 15 is 0 Å². The van der Waals surface area contributed by atoms with E-state index in [0.717, 1.165) is 6.42 Å². The summed E-state index contributed by atoms with van der Waals surface area (Å²) in [5.41, 5.74) is 0. The van der Waals surface area contributed by atoms with Gasteiger partial charge in [0.05, 0.1) is 6.54 Å². The number of rotatable bonds is 7. The maximum atomic E-state index is 12.2. The molecule has 0 spiro atoms. The first-order valence-corrected chi connectivity index (χ1v) is 7.23. The van der Waals surface area contributed by atoms with Gasteiger partial charge in [-0.3, -0.25) is 0 Å². The second-order valence-electron chi connectivity index (χ2n) is 3.75. The summed E-state index contributed by atoms with van der Waals surface area (Å²) >= 11 is 0. The summed E-state index contributed by atoms with van der Waals surface area (Å²) in [6, 6.07) is 3.20. The van der Waals surface area contributed by atoms with Crippen LogP contribution in [0.1, 0.15) is 26.0 Å². The minimum atomic E-state index is -3.47. The van der Waals surface area contributed by atoms with Gasteiger partial charge in [0.25, 0.3) is 10.0 Å². The third-order valence-corrected chi connectivity index (χ3v) is 4.26. The van der Waals surface area contributed by atoms with Crippen molar-refractivity contribution >= 4 is 10.0 Å². The summed E-state index contributed by atoms with van der Waals surface area (Å²) in [7, 11) is -1.69. The van der Waals surface area contributed by atoms with Gasteiger partial charge in [-0.15, -0.1) is 0 Å². The lowest BCUT2D eigenvalue weighted by atomic mass is 10.4. The Labute approximate surface area is 103 Å². The van der Waals surface area contributed by atoms with E-state index in [1.54, 1.807) is 13.1 Å². The molecule has 0 bridgehead atoms. The Hall–Kier alpha value is -0.850. The molecular weight excluding hydrogens is 240 g/mol. The van der Waals surface area contributed by atoms with Crippen molar-refractivity contribution in [3.63, 3.8) is 0 Å². The van der Waals surface area contributed by atoms with Crippen LogP contribution in [-0.4, -0.2) is 32.9 Å². The largest absolute Gasteiger partial charge is 0.447 e. The van der Waals surface area contributed by atoms with Gasteiger partial charge in [-0.2, -0.15) is 4.31 Å². The Morgan fingerprint density at radius 2 is 2.06 bits per heavy atom. The number of hydrogen-bond acceptors (Lipinski definition) is 4. The van der Waals surface area contributed by atoms with Gasteiger partial charge in [0, 0.05) is 13.1 Å². The van der Waals surface area contributed by atoms with E-state index in [2.05, 4.69) is 5.32 Å². The third-order valence-electron chi connectivity index (χ3n) is 2.41. The molecule has 1 rings (SSSR count). The molecule has 1 heterocycles. The second kappa shape index (κ2) is 6.18. The van der Waals surface area contributed by atoms with E-state index in [1.165, 1.54) is 10.4 Å². The van der Waals surface area contributed by atoms with Crippen LogP contribution in [0.2, 0.25) is 0 Å². The van der Waals surface area contributed by atoms with Gasteiger partial charge in [0.15, 0.2) is 0 Å². The Kier molecular flexibility index (Phi) is 5.17. The fourth-order valence-electron chi connectivity index (χ4n) is 1.59. The molecule has 1 N–H and O–H groups in total. The normalized spacial score (nSPS) is 12.2. The number of sulfonamides is 1. The van der Waals surface area contributed by atoms with Gasteiger partial charge in [-0.25, -0.2) is 8.42 Å². The van der Waals surface area contributed by atoms with Crippen LogP contribution in [0.3, 0.4) is 0 Å². The van der Waals surface area contributed by atoms with Crippen molar-refractivity contribution in [2.24, 2.45) is 0 Å². The predicted octanol–water partition coefficient (Wildman–Crippen LogP) is 1.42. The number of hydrogen-bond donors (Lipinski definition) is 1. The molecule has 0 saturated heterocycles. The highest BCUT2D eigenvalue weighted by molar-refractivity contribution is 7.89. The summed E-state index contributed by atoms with van der Waals surface area (Å²) in [6.45, 7) is 5.27. The summed E-state index contributed by atoms with van der Waals surface area (Å²) in [5, 5.41) is 2.94. The van der Waals surface area contributed by atoms with Crippen LogP contribution in [0.4, 0.5) is 0 Å². The van der Waals surface area contributed by atoms with Gasteiger partial charge in [-0.05, 0) is 25.6 Å². The van der Waals surface area contributed by atoms with Gasteiger partial charge in [0.2, 0.25) is 5.09 Å². The van der Waals surface area contributed by atoms with Crippen LogP contribution in [0, 0.1) is 0 Å². The molecule has 98 valence electrons. The average Bonchev–Trinajstić information content (AvgIpc) is 2.75. The zero-order valence-corrected chi connectivity index (χ0v) is 11.4. The third kappa shape index (κ3) is 3.31. The predicted molar refractivity (Wildman–Crippen MR) is 66.2 cm³/mol. The summed E-state index contributed by atoms with van der Waals surface area (Å²) in [5.74, 6) is 0.624. The Morgan fingerprint density at radius 1 is 1.35 bits per heavy atom. The van der Waals surface area contributed by atoms with Gasteiger partial charge in [-0.1, -0.05) is 13.8 Å². The monoisotopic (exact) mass is 260 g/mol. The minimum absolute atomic E-state index is 0.0260. The van der Waals surface area contributed by atoms with Gasteiger partial charge < -0.3 is 9.73 Å².